The first kappa shape index (κ1) is 17.0. The second-order valence-electron chi connectivity index (χ2n) is 4.14. The summed E-state index contributed by atoms with van der Waals surface area (Å²) < 4.78 is 0. The molecule has 6 N–H and O–H groups in total. The summed E-state index contributed by atoms with van der Waals surface area (Å²) in [4.78, 5) is 39.3. The number of nitrogens with two attached hydrogens (primary N) is 1. The lowest BCUT2D eigenvalue weighted by Gasteiger charge is -2.16. The number of imidazole rings is 1. The van der Waals surface area contributed by atoms with Crippen LogP contribution in [0.15, 0.2) is 12.5 Å². The molecule has 1 aromatic heterocycles. The highest BCUT2D eigenvalue weighted by molar-refractivity contribution is 7.99. The van der Waals surface area contributed by atoms with E-state index >= 15 is 0 Å². The fourth-order valence-corrected chi connectivity index (χ4v) is 2.61. The van der Waals surface area contributed by atoms with Gasteiger partial charge in [0.25, 0.3) is 0 Å². The molecule has 0 saturated carbocycles. The van der Waals surface area contributed by atoms with Crippen molar-refractivity contribution in [1.82, 2.24) is 15.3 Å². The Morgan fingerprint density at radius 1 is 1.38 bits per heavy atom. The van der Waals surface area contributed by atoms with Gasteiger partial charge in [0.15, 0.2) is 0 Å². The molecule has 0 aliphatic rings. The van der Waals surface area contributed by atoms with E-state index in [0.717, 1.165) is 0 Å². The van der Waals surface area contributed by atoms with Crippen LogP contribution in [0.5, 0.6) is 0 Å². The molecule has 1 heterocycles. The number of hydrogen-bond acceptors (Lipinski definition) is 6. The fraction of sp³-hybridized carbons (Fsp3) is 0.455. The van der Waals surface area contributed by atoms with Gasteiger partial charge in [0.2, 0.25) is 5.91 Å². The van der Waals surface area contributed by atoms with Crippen molar-refractivity contribution < 1.29 is 24.6 Å². The first-order chi connectivity index (χ1) is 9.90. The number of carboxylic acids is 2. The van der Waals surface area contributed by atoms with Gasteiger partial charge in [-0.25, -0.2) is 4.98 Å². The van der Waals surface area contributed by atoms with Crippen molar-refractivity contribution in [2.45, 2.75) is 17.7 Å². The second kappa shape index (κ2) is 8.27. The highest BCUT2D eigenvalue weighted by atomic mass is 32.2. The van der Waals surface area contributed by atoms with Crippen LogP contribution in [0.4, 0.5) is 0 Å². The zero-order valence-electron chi connectivity index (χ0n) is 11.0. The zero-order chi connectivity index (χ0) is 15.8. The summed E-state index contributed by atoms with van der Waals surface area (Å²) >= 11 is 1.19. The molecule has 0 saturated heterocycles. The average molecular weight is 316 g/mol. The van der Waals surface area contributed by atoms with Gasteiger partial charge in [0.05, 0.1) is 24.0 Å². The number of amides is 1. The van der Waals surface area contributed by atoms with Crippen molar-refractivity contribution in [1.29, 1.82) is 0 Å². The summed E-state index contributed by atoms with van der Waals surface area (Å²) in [6.07, 6.45) is 2.80. The first-order valence-corrected chi connectivity index (χ1v) is 7.01. The van der Waals surface area contributed by atoms with E-state index in [0.29, 0.717) is 5.69 Å². The Morgan fingerprint density at radius 3 is 2.62 bits per heavy atom. The van der Waals surface area contributed by atoms with Crippen LogP contribution in [-0.2, 0) is 14.4 Å². The molecule has 0 spiro atoms. The predicted octanol–water partition coefficient (Wildman–Crippen LogP) is -0.813. The Hall–Kier alpha value is -2.07. The largest absolute Gasteiger partial charge is 0.481 e. The summed E-state index contributed by atoms with van der Waals surface area (Å²) in [5.74, 6) is -2.58. The number of aromatic amines is 1. The van der Waals surface area contributed by atoms with Crippen molar-refractivity contribution in [3.63, 3.8) is 0 Å². The number of aromatic nitrogens is 2. The van der Waals surface area contributed by atoms with E-state index in [1.165, 1.54) is 24.3 Å². The van der Waals surface area contributed by atoms with Gasteiger partial charge in [-0.2, -0.15) is 0 Å². The highest BCUT2D eigenvalue weighted by Crippen LogP contribution is 2.30. The van der Waals surface area contributed by atoms with Crippen LogP contribution in [0, 0.1) is 0 Å². The molecule has 1 aromatic rings. The number of carbonyl (C=O) groups is 3. The lowest BCUT2D eigenvalue weighted by atomic mass is 10.2. The number of rotatable bonds is 9. The number of H-pyrrole nitrogens is 1. The quantitative estimate of drug-likeness (QED) is 0.395. The SMILES string of the molecule is N[C@@H](CSC(CC(=O)O)c1cnc[nH]1)C(=O)NCC(=O)O. The third kappa shape index (κ3) is 6.27. The molecule has 0 radical (unpaired) electrons. The molecule has 1 unspecified atom stereocenters. The van der Waals surface area contributed by atoms with Crippen molar-refractivity contribution in [2.24, 2.45) is 5.73 Å². The average Bonchev–Trinajstić information content (AvgIpc) is 2.93. The van der Waals surface area contributed by atoms with E-state index in [9.17, 15) is 14.4 Å². The molecule has 0 aliphatic carbocycles. The Kier molecular flexibility index (Phi) is 6.69. The van der Waals surface area contributed by atoms with Crippen LogP contribution < -0.4 is 11.1 Å². The van der Waals surface area contributed by atoms with Gasteiger partial charge in [-0.1, -0.05) is 0 Å². The summed E-state index contributed by atoms with van der Waals surface area (Å²) in [5.41, 5.74) is 6.26. The first-order valence-electron chi connectivity index (χ1n) is 5.97. The maximum atomic E-state index is 11.5. The summed E-state index contributed by atoms with van der Waals surface area (Å²) in [5, 5.41) is 19.1. The summed E-state index contributed by atoms with van der Waals surface area (Å²) in [6, 6.07) is -0.923. The van der Waals surface area contributed by atoms with Crippen LogP contribution in [0.1, 0.15) is 17.4 Å². The van der Waals surface area contributed by atoms with Crippen LogP contribution in [0.2, 0.25) is 0 Å². The molecular formula is C11H16N4O5S. The predicted molar refractivity (Wildman–Crippen MR) is 74.7 cm³/mol. The molecule has 0 aromatic carbocycles. The zero-order valence-corrected chi connectivity index (χ0v) is 11.8. The number of nitrogens with zero attached hydrogens (tertiary/aromatic N) is 1. The van der Waals surface area contributed by atoms with Crippen LogP contribution in [0.3, 0.4) is 0 Å². The molecule has 0 aliphatic heterocycles. The van der Waals surface area contributed by atoms with E-state index in [-0.39, 0.29) is 12.2 Å². The molecule has 1 rings (SSSR count). The van der Waals surface area contributed by atoms with Gasteiger partial charge in [0.1, 0.15) is 6.54 Å². The van der Waals surface area contributed by atoms with E-state index < -0.39 is 35.7 Å². The van der Waals surface area contributed by atoms with E-state index in [4.69, 9.17) is 15.9 Å². The van der Waals surface area contributed by atoms with Gasteiger partial charge in [-0.15, -0.1) is 11.8 Å². The molecule has 116 valence electrons. The van der Waals surface area contributed by atoms with Gasteiger partial charge in [0, 0.05) is 17.6 Å². The van der Waals surface area contributed by atoms with Crippen molar-refractivity contribution in [2.75, 3.05) is 12.3 Å². The maximum absolute atomic E-state index is 11.5. The number of nitrogens with one attached hydrogen (secondary N) is 2. The molecule has 9 nitrogen and oxygen atoms in total. The van der Waals surface area contributed by atoms with Gasteiger partial charge >= 0.3 is 11.9 Å². The van der Waals surface area contributed by atoms with Gasteiger partial charge < -0.3 is 26.2 Å². The third-order valence-electron chi connectivity index (χ3n) is 2.45. The molecule has 0 bridgehead atoms. The standard InChI is InChI=1S/C11H16N4O5S/c12-6(11(20)14-3-10(18)19)4-21-8(1-9(16)17)7-2-13-5-15-7/h2,5-6,8H,1,3-4,12H2,(H,13,15)(H,14,20)(H,16,17)(H,18,19)/t6-,8?/m0/s1. The van der Waals surface area contributed by atoms with Crippen LogP contribution in [-0.4, -0.2) is 56.4 Å². The smallest absolute Gasteiger partial charge is 0.322 e. The number of carboxylic acid groups (broad SMARTS) is 2. The second-order valence-corrected chi connectivity index (χ2v) is 5.38. The Balaban J connectivity index is 2.50. The minimum atomic E-state index is -1.16. The Morgan fingerprint density at radius 2 is 2.10 bits per heavy atom. The highest BCUT2D eigenvalue weighted by Gasteiger charge is 2.21. The molecule has 0 fully saturated rings. The van der Waals surface area contributed by atoms with Crippen LogP contribution >= 0.6 is 11.8 Å². The minimum Gasteiger partial charge on any atom is -0.481 e. The lowest BCUT2D eigenvalue weighted by Crippen LogP contribution is -2.44. The van der Waals surface area contributed by atoms with Crippen molar-refractivity contribution >= 4 is 29.6 Å². The topological polar surface area (TPSA) is 158 Å². The molecule has 21 heavy (non-hydrogen) atoms. The molecular weight excluding hydrogens is 300 g/mol. The van der Waals surface area contributed by atoms with E-state index in [1.807, 2.05) is 0 Å². The monoisotopic (exact) mass is 316 g/mol. The van der Waals surface area contributed by atoms with Crippen LogP contribution in [0.25, 0.3) is 0 Å². The maximum Gasteiger partial charge on any atom is 0.322 e. The van der Waals surface area contributed by atoms with E-state index in [2.05, 4.69) is 15.3 Å². The van der Waals surface area contributed by atoms with Crippen molar-refractivity contribution in [3.05, 3.63) is 18.2 Å². The van der Waals surface area contributed by atoms with Gasteiger partial charge in [-0.3, -0.25) is 14.4 Å². The lowest BCUT2D eigenvalue weighted by molar-refractivity contribution is -0.138. The fourth-order valence-electron chi connectivity index (χ4n) is 1.45. The Labute approximate surface area is 124 Å². The molecule has 1 amide bonds. The number of carbonyl (C=O) groups excluding carboxylic acids is 1. The minimum absolute atomic E-state index is 0.143. The number of hydrogen-bond donors (Lipinski definition) is 5. The number of aliphatic carboxylic acids is 2. The molecule has 2 atom stereocenters. The van der Waals surface area contributed by atoms with Gasteiger partial charge in [-0.05, 0) is 0 Å². The van der Waals surface area contributed by atoms with Crippen molar-refractivity contribution in [3.8, 4) is 0 Å². The Bertz CT molecular complexity index is 493. The summed E-state index contributed by atoms with van der Waals surface area (Å²) in [7, 11) is 0. The number of thioether (sulfide) groups is 1. The normalized spacial score (nSPS) is 13.4. The third-order valence-corrected chi connectivity index (χ3v) is 3.83. The molecule has 10 heteroatoms. The van der Waals surface area contributed by atoms with E-state index in [1.54, 1.807) is 0 Å². The summed E-state index contributed by atoms with van der Waals surface area (Å²) in [6.45, 7) is -0.504.